The third-order valence-electron chi connectivity index (χ3n) is 4.24. The first-order chi connectivity index (χ1) is 10.5. The molecule has 22 heavy (non-hydrogen) atoms. The Balaban J connectivity index is 1.60. The maximum atomic E-state index is 12.5. The summed E-state index contributed by atoms with van der Waals surface area (Å²) in [6.07, 6.45) is 6.05. The molecule has 0 aliphatic carbocycles. The lowest BCUT2D eigenvalue weighted by molar-refractivity contribution is -0.00269. The van der Waals surface area contributed by atoms with Gasteiger partial charge in [-0.3, -0.25) is 4.68 Å². The van der Waals surface area contributed by atoms with Gasteiger partial charge < -0.3 is 9.47 Å². The molecule has 3 heterocycles. The number of sulfonamides is 1. The summed E-state index contributed by atoms with van der Waals surface area (Å²) >= 11 is 0. The molecule has 0 unspecified atom stereocenters. The van der Waals surface area contributed by atoms with Crippen LogP contribution in [0.25, 0.3) is 0 Å². The molecule has 3 rings (SSSR count). The van der Waals surface area contributed by atoms with Crippen molar-refractivity contribution in [2.75, 3.05) is 32.1 Å². The number of morpholine rings is 1. The van der Waals surface area contributed by atoms with Crippen molar-refractivity contribution in [1.29, 1.82) is 0 Å². The minimum absolute atomic E-state index is 0.102. The zero-order valence-electron chi connectivity index (χ0n) is 12.8. The molecule has 124 valence electrons. The molecule has 8 heteroatoms. The van der Waals surface area contributed by atoms with Crippen molar-refractivity contribution in [2.45, 2.75) is 31.5 Å². The highest BCUT2D eigenvalue weighted by molar-refractivity contribution is 7.89. The first-order valence-electron chi connectivity index (χ1n) is 7.74. The zero-order chi connectivity index (χ0) is 15.6. The molecule has 1 aromatic heterocycles. The van der Waals surface area contributed by atoms with Crippen LogP contribution in [-0.2, 0) is 26.5 Å². The van der Waals surface area contributed by atoms with Crippen LogP contribution in [0.15, 0.2) is 12.4 Å². The van der Waals surface area contributed by atoms with E-state index in [1.165, 1.54) is 0 Å². The van der Waals surface area contributed by atoms with Crippen LogP contribution in [-0.4, -0.2) is 60.7 Å². The summed E-state index contributed by atoms with van der Waals surface area (Å²) in [6, 6.07) is 0. The molecule has 2 atom stereocenters. The van der Waals surface area contributed by atoms with E-state index in [0.717, 1.165) is 25.0 Å². The van der Waals surface area contributed by atoms with Crippen LogP contribution in [0, 0.1) is 0 Å². The average Bonchev–Trinajstić information content (AvgIpc) is 3.17. The van der Waals surface area contributed by atoms with Crippen LogP contribution in [0.4, 0.5) is 0 Å². The SMILES string of the molecule is Cn1cc([C@@H]2CN(S(=O)(=O)CC[C@H]3CCCO3)CCO2)cn1. The Bertz CT molecular complexity index is 595. The van der Waals surface area contributed by atoms with E-state index in [0.29, 0.717) is 26.1 Å². The standard InChI is InChI=1S/C14H23N3O4S/c1-16-10-12(9-15-16)14-11-17(5-7-21-14)22(18,19)8-4-13-3-2-6-20-13/h9-10,13-14H,2-8,11H2,1H3/t13-,14+/m1/s1. The number of aromatic nitrogens is 2. The van der Waals surface area contributed by atoms with Crippen molar-refractivity contribution in [1.82, 2.24) is 14.1 Å². The predicted molar refractivity (Wildman–Crippen MR) is 80.9 cm³/mol. The number of hydrogen-bond donors (Lipinski definition) is 0. The highest BCUT2D eigenvalue weighted by atomic mass is 32.2. The number of hydrogen-bond acceptors (Lipinski definition) is 5. The second-order valence-electron chi connectivity index (χ2n) is 5.90. The molecule has 0 N–H and O–H groups in total. The monoisotopic (exact) mass is 329 g/mol. The molecule has 2 fully saturated rings. The highest BCUT2D eigenvalue weighted by Gasteiger charge is 2.31. The van der Waals surface area contributed by atoms with Gasteiger partial charge in [0.1, 0.15) is 0 Å². The van der Waals surface area contributed by atoms with Gasteiger partial charge in [0.2, 0.25) is 10.0 Å². The predicted octanol–water partition coefficient (Wildman–Crippen LogP) is 0.692. The quantitative estimate of drug-likeness (QED) is 0.795. The molecular weight excluding hydrogens is 306 g/mol. The number of aryl methyl sites for hydroxylation is 1. The summed E-state index contributed by atoms with van der Waals surface area (Å²) in [5, 5.41) is 4.12. The van der Waals surface area contributed by atoms with Crippen LogP contribution < -0.4 is 0 Å². The third-order valence-corrected chi connectivity index (χ3v) is 6.11. The Morgan fingerprint density at radius 2 is 2.23 bits per heavy atom. The van der Waals surface area contributed by atoms with Gasteiger partial charge in [-0.2, -0.15) is 9.40 Å². The van der Waals surface area contributed by atoms with Crippen LogP contribution in [0.1, 0.15) is 30.9 Å². The van der Waals surface area contributed by atoms with Gasteiger partial charge in [-0.1, -0.05) is 0 Å². The lowest BCUT2D eigenvalue weighted by atomic mass is 10.2. The van der Waals surface area contributed by atoms with E-state index >= 15 is 0 Å². The Morgan fingerprint density at radius 3 is 2.91 bits per heavy atom. The maximum absolute atomic E-state index is 12.5. The third kappa shape index (κ3) is 3.68. The lowest BCUT2D eigenvalue weighted by Gasteiger charge is -2.32. The van der Waals surface area contributed by atoms with Crippen molar-refractivity contribution in [3.05, 3.63) is 18.0 Å². The number of nitrogens with zero attached hydrogens (tertiary/aromatic N) is 3. The molecule has 1 aromatic rings. The van der Waals surface area contributed by atoms with E-state index < -0.39 is 10.0 Å². The molecule has 0 amide bonds. The van der Waals surface area contributed by atoms with Crippen molar-refractivity contribution < 1.29 is 17.9 Å². The van der Waals surface area contributed by atoms with Gasteiger partial charge in [0.25, 0.3) is 0 Å². The first kappa shape index (κ1) is 15.9. The molecule has 7 nitrogen and oxygen atoms in total. The molecule has 2 aliphatic rings. The molecule has 2 aliphatic heterocycles. The summed E-state index contributed by atoms with van der Waals surface area (Å²) in [5.41, 5.74) is 0.918. The maximum Gasteiger partial charge on any atom is 0.214 e. The van der Waals surface area contributed by atoms with Gasteiger partial charge in [-0.25, -0.2) is 8.42 Å². The van der Waals surface area contributed by atoms with Crippen molar-refractivity contribution in [3.8, 4) is 0 Å². The van der Waals surface area contributed by atoms with Gasteiger partial charge in [0.05, 0.1) is 30.8 Å². The summed E-state index contributed by atoms with van der Waals surface area (Å²) in [4.78, 5) is 0. The summed E-state index contributed by atoms with van der Waals surface area (Å²) in [5.74, 6) is 0.150. The van der Waals surface area contributed by atoms with E-state index in [4.69, 9.17) is 9.47 Å². The normalized spacial score (nSPS) is 27.3. The molecule has 0 bridgehead atoms. The minimum Gasteiger partial charge on any atom is -0.378 e. The topological polar surface area (TPSA) is 73.7 Å². The lowest BCUT2D eigenvalue weighted by Crippen LogP contribution is -2.43. The smallest absolute Gasteiger partial charge is 0.214 e. The molecular formula is C14H23N3O4S. The number of rotatable bonds is 5. The average molecular weight is 329 g/mol. The van der Waals surface area contributed by atoms with E-state index in [1.54, 1.807) is 15.2 Å². The van der Waals surface area contributed by atoms with E-state index in [2.05, 4.69) is 5.10 Å². The van der Waals surface area contributed by atoms with Gasteiger partial charge in [-0.05, 0) is 19.3 Å². The fourth-order valence-electron chi connectivity index (χ4n) is 2.97. The van der Waals surface area contributed by atoms with E-state index in [-0.39, 0.29) is 18.0 Å². The minimum atomic E-state index is -3.26. The Morgan fingerprint density at radius 1 is 1.36 bits per heavy atom. The van der Waals surface area contributed by atoms with Crippen molar-refractivity contribution in [3.63, 3.8) is 0 Å². The summed E-state index contributed by atoms with van der Waals surface area (Å²) < 4.78 is 39.5. The van der Waals surface area contributed by atoms with Crippen LogP contribution >= 0.6 is 0 Å². The first-order valence-corrected chi connectivity index (χ1v) is 9.35. The van der Waals surface area contributed by atoms with Gasteiger partial charge in [-0.15, -0.1) is 0 Å². The van der Waals surface area contributed by atoms with Crippen molar-refractivity contribution >= 4 is 10.0 Å². The molecule has 0 saturated carbocycles. The Hall–Kier alpha value is -0.960. The highest BCUT2D eigenvalue weighted by Crippen LogP contribution is 2.24. The van der Waals surface area contributed by atoms with Gasteiger partial charge in [0, 0.05) is 38.5 Å². The van der Waals surface area contributed by atoms with E-state index in [9.17, 15) is 8.42 Å². The van der Waals surface area contributed by atoms with E-state index in [1.807, 2.05) is 13.2 Å². The van der Waals surface area contributed by atoms with Gasteiger partial charge >= 0.3 is 0 Å². The van der Waals surface area contributed by atoms with Crippen LogP contribution in [0.3, 0.4) is 0 Å². The summed E-state index contributed by atoms with van der Waals surface area (Å²) in [6.45, 7) is 1.95. The van der Waals surface area contributed by atoms with Crippen LogP contribution in [0.5, 0.6) is 0 Å². The summed E-state index contributed by atoms with van der Waals surface area (Å²) in [7, 11) is -1.42. The molecule has 0 spiro atoms. The largest absolute Gasteiger partial charge is 0.378 e. The molecule has 0 aromatic carbocycles. The fourth-order valence-corrected chi connectivity index (χ4v) is 4.50. The fraction of sp³-hybridized carbons (Fsp3) is 0.786. The second kappa shape index (κ2) is 6.66. The van der Waals surface area contributed by atoms with Crippen LogP contribution in [0.2, 0.25) is 0 Å². The Kier molecular flexibility index (Phi) is 4.82. The van der Waals surface area contributed by atoms with Crippen molar-refractivity contribution in [2.24, 2.45) is 7.05 Å². The Labute approximate surface area is 131 Å². The molecule has 2 saturated heterocycles. The molecule has 0 radical (unpaired) electrons. The second-order valence-corrected chi connectivity index (χ2v) is 7.99. The number of ether oxygens (including phenoxy) is 2. The zero-order valence-corrected chi connectivity index (χ0v) is 13.7. The van der Waals surface area contributed by atoms with Gasteiger partial charge in [0.15, 0.2) is 0 Å².